The van der Waals surface area contributed by atoms with E-state index in [-0.39, 0.29) is 34.8 Å². The molecule has 6 heterocycles. The number of nitro groups is 1. The number of nitrogens with one attached hydrogen (secondary N) is 3. The van der Waals surface area contributed by atoms with Crippen molar-refractivity contribution in [2.45, 2.75) is 76.1 Å². The van der Waals surface area contributed by atoms with E-state index in [1.807, 2.05) is 25.1 Å². The molecule has 0 saturated carbocycles. The van der Waals surface area contributed by atoms with Gasteiger partial charge < -0.3 is 40.0 Å². The van der Waals surface area contributed by atoms with Crippen LogP contribution in [0.15, 0.2) is 97.3 Å². The van der Waals surface area contributed by atoms with E-state index in [2.05, 4.69) is 42.6 Å². The molecule has 4 aliphatic rings. The zero-order valence-corrected chi connectivity index (χ0v) is 38.4. The maximum Gasteiger partial charge on any atom is 0.420 e. The highest BCUT2D eigenvalue weighted by atomic mass is 19.4. The van der Waals surface area contributed by atoms with E-state index in [0.717, 1.165) is 67.9 Å². The summed E-state index contributed by atoms with van der Waals surface area (Å²) < 4.78 is 97.0. The normalized spacial score (nSPS) is 20.2. The molecule has 0 bridgehead atoms. The summed E-state index contributed by atoms with van der Waals surface area (Å²) in [7, 11) is 0. The predicted molar refractivity (Wildman–Crippen MR) is 253 cm³/mol. The topological polar surface area (TPSA) is 159 Å². The Morgan fingerprint density at radius 3 is 1.74 bits per heavy atom. The number of pyridine rings is 2. The minimum atomic E-state index is -4.58. The number of fused-ring (bicyclic) bond motifs is 2. The number of non-ortho nitro benzene ring substituents is 1. The fraction of sp³-hybridized carbons (Fsp3) is 0.408. The molecule has 2 fully saturated rings. The van der Waals surface area contributed by atoms with Crippen LogP contribution in [0.1, 0.15) is 73.9 Å². The first-order chi connectivity index (χ1) is 33.6. The van der Waals surface area contributed by atoms with Gasteiger partial charge in [-0.05, 0) is 110 Å². The van der Waals surface area contributed by atoms with Crippen molar-refractivity contribution in [2.24, 2.45) is 0 Å². The highest BCUT2D eigenvalue weighted by Gasteiger charge is 2.40. The zero-order valence-electron chi connectivity index (χ0n) is 38.4. The number of aromatic nitrogens is 2. The largest absolute Gasteiger partial charge is 0.420 e. The molecule has 21 heteroatoms. The Labute approximate surface area is 400 Å². The number of benzene rings is 3. The Hall–Kier alpha value is -6.87. The molecule has 0 aliphatic carbocycles. The molecule has 0 unspecified atom stereocenters. The molecular formula is C49H53F6N9O6. The van der Waals surface area contributed by atoms with E-state index < -0.39 is 46.6 Å². The fourth-order valence-electron chi connectivity index (χ4n) is 9.02. The van der Waals surface area contributed by atoms with Gasteiger partial charge in [0.1, 0.15) is 17.4 Å². The molecule has 5 aromatic rings. The Morgan fingerprint density at radius 2 is 1.26 bits per heavy atom. The molecular weight excluding hydrogens is 925 g/mol. The molecule has 4 aliphatic heterocycles. The van der Waals surface area contributed by atoms with E-state index in [1.165, 1.54) is 47.4 Å². The number of morpholine rings is 2. The van der Waals surface area contributed by atoms with Crippen molar-refractivity contribution in [3.63, 3.8) is 0 Å². The maximum atomic E-state index is 13.7. The Bertz CT molecular complexity index is 2580. The number of carbonyl (C=O) groups is 1. The molecule has 0 spiro atoms. The number of carbonyl (C=O) groups excluding carboxylic acids is 1. The van der Waals surface area contributed by atoms with Gasteiger partial charge in [-0.3, -0.25) is 15.0 Å². The molecule has 1 amide bonds. The first-order valence-electron chi connectivity index (χ1n) is 23.1. The summed E-state index contributed by atoms with van der Waals surface area (Å²) in [5.74, 6) is 1.23. The van der Waals surface area contributed by atoms with Gasteiger partial charge in [-0.2, -0.15) is 26.3 Å². The number of halogens is 6. The van der Waals surface area contributed by atoms with Crippen LogP contribution in [-0.2, 0) is 21.8 Å². The lowest BCUT2D eigenvalue weighted by Crippen LogP contribution is -2.47. The summed E-state index contributed by atoms with van der Waals surface area (Å²) in [5.41, 5.74) is 2.26. The molecule has 3 aromatic carbocycles. The third-order valence-corrected chi connectivity index (χ3v) is 12.8. The van der Waals surface area contributed by atoms with Gasteiger partial charge in [-0.15, -0.1) is 0 Å². The standard InChI is InChI=1S/C28H28F3N5O5.C21H25F3N4O/c1-2-19-16-24(33-26-10-6-21(17-32-26)34-11-13-40-14-12-34)23-15-18(28(29,30)31)3-9-25(23)35(19)27(37)41-22-7-4-20(5-8-22)36(38)39;1-2-15-12-19(17-11-14(21(22,23)24)3-5-18(17)26-15)27-20-6-4-16(13-25-20)28-7-9-29-10-8-28/h3-10,15,17,19,24H,2,11-14,16H2,1H3,(H,32,33);3-6,11,13,15,19,26H,2,7-10,12H2,1H3,(H,25,27)/t19-,24+;15-,19+/m11/s1. The minimum Gasteiger partial charge on any atom is -0.410 e. The van der Waals surface area contributed by atoms with Crippen LogP contribution >= 0.6 is 0 Å². The quantitative estimate of drug-likeness (QED) is 0.0690. The maximum absolute atomic E-state index is 13.7. The molecule has 2 saturated heterocycles. The molecule has 2 aromatic heterocycles. The van der Waals surface area contributed by atoms with Crippen LogP contribution in [0.5, 0.6) is 5.75 Å². The Morgan fingerprint density at radius 1 is 0.729 bits per heavy atom. The Balaban J connectivity index is 0.000000200. The van der Waals surface area contributed by atoms with Crippen molar-refractivity contribution in [2.75, 3.05) is 83.3 Å². The number of ether oxygens (including phenoxy) is 3. The lowest BCUT2D eigenvalue weighted by molar-refractivity contribution is -0.384. The van der Waals surface area contributed by atoms with Crippen molar-refractivity contribution in [1.82, 2.24) is 9.97 Å². The summed E-state index contributed by atoms with van der Waals surface area (Å²) in [6.07, 6.45) is -3.83. The van der Waals surface area contributed by atoms with Crippen molar-refractivity contribution in [3.05, 3.63) is 130 Å². The molecule has 4 atom stereocenters. The summed E-state index contributed by atoms with van der Waals surface area (Å²) in [4.78, 5) is 38.4. The second kappa shape index (κ2) is 21.4. The number of hydrogen-bond acceptors (Lipinski definition) is 13. The van der Waals surface area contributed by atoms with Crippen LogP contribution in [0.3, 0.4) is 0 Å². The van der Waals surface area contributed by atoms with Crippen molar-refractivity contribution >= 4 is 46.2 Å². The minimum absolute atomic E-state index is 0.0775. The third kappa shape index (κ3) is 11.8. The van der Waals surface area contributed by atoms with Gasteiger partial charge in [0.25, 0.3) is 5.69 Å². The Kier molecular flexibility index (Phi) is 15.2. The van der Waals surface area contributed by atoms with Gasteiger partial charge in [0.05, 0.1) is 84.0 Å². The summed E-state index contributed by atoms with van der Waals surface area (Å²) in [5, 5.41) is 20.9. The van der Waals surface area contributed by atoms with E-state index in [9.17, 15) is 41.3 Å². The molecule has 0 radical (unpaired) electrons. The number of anilines is 6. The average Bonchev–Trinajstić information content (AvgIpc) is 3.36. The van der Waals surface area contributed by atoms with Crippen LogP contribution in [0.25, 0.3) is 0 Å². The van der Waals surface area contributed by atoms with Gasteiger partial charge in [0, 0.05) is 56.1 Å². The van der Waals surface area contributed by atoms with Crippen molar-refractivity contribution in [1.29, 1.82) is 0 Å². The zero-order chi connectivity index (χ0) is 49.6. The number of alkyl halides is 6. The molecule has 9 rings (SSSR count). The molecule has 15 nitrogen and oxygen atoms in total. The van der Waals surface area contributed by atoms with Crippen LogP contribution in [0.4, 0.5) is 71.2 Å². The van der Waals surface area contributed by atoms with Crippen molar-refractivity contribution < 1.29 is 50.3 Å². The average molecular weight is 978 g/mol. The molecule has 372 valence electrons. The fourth-order valence-corrected chi connectivity index (χ4v) is 9.02. The monoisotopic (exact) mass is 977 g/mol. The summed E-state index contributed by atoms with van der Waals surface area (Å²) in [6, 6.07) is 18.7. The van der Waals surface area contributed by atoms with E-state index in [4.69, 9.17) is 14.2 Å². The lowest BCUT2D eigenvalue weighted by atomic mass is 9.88. The number of nitrogens with zero attached hydrogens (tertiary/aromatic N) is 6. The number of nitro benzene ring substituents is 1. The third-order valence-electron chi connectivity index (χ3n) is 12.8. The predicted octanol–water partition coefficient (Wildman–Crippen LogP) is 10.9. The van der Waals surface area contributed by atoms with Crippen molar-refractivity contribution in [3.8, 4) is 5.75 Å². The first kappa shape index (κ1) is 49.5. The van der Waals surface area contributed by atoms with Crippen LogP contribution < -0.4 is 35.4 Å². The first-order valence-corrected chi connectivity index (χ1v) is 23.1. The summed E-state index contributed by atoms with van der Waals surface area (Å²) in [6.45, 7) is 9.74. The van der Waals surface area contributed by atoms with Gasteiger partial charge in [0.15, 0.2) is 0 Å². The van der Waals surface area contributed by atoms with Gasteiger partial charge in [-0.25, -0.2) is 14.8 Å². The van der Waals surface area contributed by atoms with E-state index in [0.29, 0.717) is 62.9 Å². The second-order valence-electron chi connectivity index (χ2n) is 17.2. The van der Waals surface area contributed by atoms with Gasteiger partial charge in [0.2, 0.25) is 0 Å². The second-order valence-corrected chi connectivity index (χ2v) is 17.2. The lowest BCUT2D eigenvalue weighted by Gasteiger charge is -2.40. The van der Waals surface area contributed by atoms with Crippen LogP contribution in [0.2, 0.25) is 0 Å². The van der Waals surface area contributed by atoms with Gasteiger partial charge >= 0.3 is 18.4 Å². The highest BCUT2D eigenvalue weighted by molar-refractivity contribution is 5.92. The molecule has 70 heavy (non-hydrogen) atoms. The molecule has 3 N–H and O–H groups in total. The van der Waals surface area contributed by atoms with E-state index >= 15 is 0 Å². The van der Waals surface area contributed by atoms with Crippen LogP contribution in [-0.4, -0.2) is 85.7 Å². The highest BCUT2D eigenvalue weighted by Crippen LogP contribution is 2.44. The summed E-state index contributed by atoms with van der Waals surface area (Å²) >= 11 is 0. The SMILES string of the molecule is CC[C@@H]1C[C@H](Nc2ccc(N3CCOCC3)cn2)c2cc(C(F)(F)F)ccc2N1.CC[C@@H]1C[C@H](Nc2ccc(N3CCOCC3)cn2)c2cc(C(F)(F)F)ccc2N1C(=O)Oc1ccc([N+](=O)[O-])cc1. The smallest absolute Gasteiger partial charge is 0.410 e. The van der Waals surface area contributed by atoms with Crippen LogP contribution in [0, 0.1) is 10.1 Å². The number of hydrogen-bond donors (Lipinski definition) is 3. The number of rotatable bonds is 10. The van der Waals surface area contributed by atoms with Gasteiger partial charge in [-0.1, -0.05) is 13.8 Å². The van der Waals surface area contributed by atoms with E-state index in [1.54, 1.807) is 18.5 Å². The number of amides is 1.